The molecule has 1 aliphatic carbocycles. The summed E-state index contributed by atoms with van der Waals surface area (Å²) in [6.07, 6.45) is 6.54. The molecule has 1 aromatic heterocycles. The predicted molar refractivity (Wildman–Crippen MR) is 93.8 cm³/mol. The Morgan fingerprint density at radius 1 is 1.33 bits per heavy atom. The van der Waals surface area contributed by atoms with Crippen molar-refractivity contribution >= 4 is 24.2 Å². The van der Waals surface area contributed by atoms with Gasteiger partial charge in [0.15, 0.2) is 0 Å². The average molecular weight is 353 g/mol. The van der Waals surface area contributed by atoms with Crippen molar-refractivity contribution in [1.29, 1.82) is 0 Å². The van der Waals surface area contributed by atoms with E-state index in [1.54, 1.807) is 18.3 Å². The van der Waals surface area contributed by atoms with Crippen molar-refractivity contribution in [3.63, 3.8) is 0 Å². The molecular weight excluding hydrogens is 328 g/mol. The number of amides is 2. The summed E-state index contributed by atoms with van der Waals surface area (Å²) in [5, 5.41) is 2.82. The van der Waals surface area contributed by atoms with E-state index in [9.17, 15) is 9.59 Å². The van der Waals surface area contributed by atoms with E-state index in [2.05, 4.69) is 10.3 Å². The summed E-state index contributed by atoms with van der Waals surface area (Å²) in [6.45, 7) is 2.17. The van der Waals surface area contributed by atoms with Crippen LogP contribution in [0.5, 0.6) is 0 Å². The van der Waals surface area contributed by atoms with Crippen LogP contribution in [0.3, 0.4) is 0 Å². The summed E-state index contributed by atoms with van der Waals surface area (Å²) < 4.78 is 0. The fourth-order valence-electron chi connectivity index (χ4n) is 3.71. The van der Waals surface area contributed by atoms with Gasteiger partial charge in [-0.25, -0.2) is 0 Å². The molecule has 24 heavy (non-hydrogen) atoms. The number of likely N-dealkylation sites (tertiary alicyclic amines) is 1. The summed E-state index contributed by atoms with van der Waals surface area (Å²) >= 11 is 0. The largest absolute Gasteiger partial charge is 0.352 e. The Morgan fingerprint density at radius 2 is 2.17 bits per heavy atom. The molecule has 2 fully saturated rings. The molecule has 0 radical (unpaired) electrons. The van der Waals surface area contributed by atoms with Crippen molar-refractivity contribution in [2.75, 3.05) is 19.6 Å². The zero-order chi connectivity index (χ0) is 16.2. The van der Waals surface area contributed by atoms with Crippen LogP contribution in [0, 0.1) is 11.8 Å². The van der Waals surface area contributed by atoms with Crippen LogP contribution in [0.25, 0.3) is 0 Å². The highest BCUT2D eigenvalue weighted by molar-refractivity contribution is 5.93. The van der Waals surface area contributed by atoms with E-state index in [0.717, 1.165) is 25.9 Å². The smallest absolute Gasteiger partial charge is 0.252 e. The van der Waals surface area contributed by atoms with Crippen LogP contribution in [-0.2, 0) is 4.79 Å². The van der Waals surface area contributed by atoms with Crippen LogP contribution in [0.4, 0.5) is 0 Å². The molecule has 7 heteroatoms. The van der Waals surface area contributed by atoms with Gasteiger partial charge >= 0.3 is 0 Å². The van der Waals surface area contributed by atoms with Gasteiger partial charge in [0.1, 0.15) is 0 Å². The Hall–Kier alpha value is -1.66. The lowest BCUT2D eigenvalue weighted by Gasteiger charge is -2.18. The molecule has 3 unspecified atom stereocenters. The van der Waals surface area contributed by atoms with Crippen molar-refractivity contribution in [2.45, 2.75) is 31.7 Å². The molecule has 1 saturated carbocycles. The van der Waals surface area contributed by atoms with E-state index in [-0.39, 0.29) is 30.3 Å². The molecule has 2 aliphatic rings. The van der Waals surface area contributed by atoms with Gasteiger partial charge < -0.3 is 16.0 Å². The molecule has 2 amide bonds. The number of fused-ring (bicyclic) bond motifs is 1. The normalized spacial score (nSPS) is 25.0. The molecule has 3 N–H and O–H groups in total. The number of nitrogens with zero attached hydrogens (tertiary/aromatic N) is 2. The van der Waals surface area contributed by atoms with Gasteiger partial charge in [-0.1, -0.05) is 0 Å². The first kappa shape index (κ1) is 18.7. The molecule has 1 aliphatic heterocycles. The number of nitrogens with one attached hydrogen (secondary N) is 1. The lowest BCUT2D eigenvalue weighted by atomic mass is 9.98. The average Bonchev–Trinajstić information content (AvgIpc) is 3.14. The fraction of sp³-hybridized carbons (Fsp3) is 0.588. The maximum absolute atomic E-state index is 12.3. The number of hydrogen-bond donors (Lipinski definition) is 2. The van der Waals surface area contributed by atoms with Gasteiger partial charge in [-0.05, 0) is 43.2 Å². The number of rotatable bonds is 5. The van der Waals surface area contributed by atoms with Crippen LogP contribution in [0.1, 0.15) is 36.0 Å². The summed E-state index contributed by atoms with van der Waals surface area (Å²) in [5.74, 6) is 1.12. The number of hydrogen-bond acceptors (Lipinski definition) is 4. The Bertz CT molecular complexity index is 569. The highest BCUT2D eigenvalue weighted by Gasteiger charge is 2.42. The SMILES string of the molecule is Cl.NC1CCC2CN(C(=O)CCCNC(=O)c3cccnc3)CC12. The molecule has 1 saturated heterocycles. The number of nitrogens with two attached hydrogens (primary N) is 1. The van der Waals surface area contributed by atoms with Crippen molar-refractivity contribution in [3.05, 3.63) is 30.1 Å². The molecule has 1 aromatic rings. The lowest BCUT2D eigenvalue weighted by Crippen LogP contribution is -2.34. The monoisotopic (exact) mass is 352 g/mol. The van der Waals surface area contributed by atoms with Crippen molar-refractivity contribution in [3.8, 4) is 0 Å². The third-order valence-electron chi connectivity index (χ3n) is 5.04. The minimum atomic E-state index is -0.146. The van der Waals surface area contributed by atoms with Gasteiger partial charge in [0.25, 0.3) is 5.91 Å². The van der Waals surface area contributed by atoms with Crippen LogP contribution >= 0.6 is 12.4 Å². The zero-order valence-corrected chi connectivity index (χ0v) is 14.5. The summed E-state index contributed by atoms with van der Waals surface area (Å²) in [5.41, 5.74) is 6.64. The summed E-state index contributed by atoms with van der Waals surface area (Å²) in [7, 11) is 0. The van der Waals surface area contributed by atoms with Gasteiger partial charge in [0, 0.05) is 44.5 Å². The van der Waals surface area contributed by atoms with E-state index < -0.39 is 0 Å². The van der Waals surface area contributed by atoms with Crippen LogP contribution in [0.2, 0.25) is 0 Å². The number of pyridine rings is 1. The first-order valence-corrected chi connectivity index (χ1v) is 8.36. The molecular formula is C17H25ClN4O2. The molecule has 2 heterocycles. The van der Waals surface area contributed by atoms with Crippen molar-refractivity contribution < 1.29 is 9.59 Å². The molecule has 3 atom stereocenters. The van der Waals surface area contributed by atoms with Gasteiger partial charge in [0.2, 0.25) is 5.91 Å². The second-order valence-corrected chi connectivity index (χ2v) is 6.57. The number of halogens is 1. The zero-order valence-electron chi connectivity index (χ0n) is 13.7. The van der Waals surface area contributed by atoms with Crippen LogP contribution < -0.4 is 11.1 Å². The third kappa shape index (κ3) is 4.24. The van der Waals surface area contributed by atoms with E-state index in [1.807, 2.05) is 4.90 Å². The van der Waals surface area contributed by atoms with Crippen LogP contribution in [0.15, 0.2) is 24.5 Å². The quantitative estimate of drug-likeness (QED) is 0.779. The maximum atomic E-state index is 12.3. The molecule has 3 rings (SSSR count). The lowest BCUT2D eigenvalue weighted by molar-refractivity contribution is -0.130. The topological polar surface area (TPSA) is 88.3 Å². The number of carbonyl (C=O) groups is 2. The molecule has 132 valence electrons. The predicted octanol–water partition coefficient (Wildman–Crippen LogP) is 1.21. The van der Waals surface area contributed by atoms with Crippen LogP contribution in [-0.4, -0.2) is 47.4 Å². The first-order chi connectivity index (χ1) is 11.1. The van der Waals surface area contributed by atoms with Crippen molar-refractivity contribution in [2.24, 2.45) is 17.6 Å². The second kappa shape index (κ2) is 8.44. The highest BCUT2D eigenvalue weighted by atomic mass is 35.5. The first-order valence-electron chi connectivity index (χ1n) is 8.36. The maximum Gasteiger partial charge on any atom is 0.252 e. The third-order valence-corrected chi connectivity index (χ3v) is 5.04. The van der Waals surface area contributed by atoms with E-state index in [4.69, 9.17) is 5.73 Å². The minimum absolute atomic E-state index is 0. The fourth-order valence-corrected chi connectivity index (χ4v) is 3.71. The molecule has 6 nitrogen and oxygen atoms in total. The van der Waals surface area contributed by atoms with Gasteiger partial charge in [0.05, 0.1) is 5.56 Å². The van der Waals surface area contributed by atoms with E-state index >= 15 is 0 Å². The van der Waals surface area contributed by atoms with Gasteiger partial charge in [-0.15, -0.1) is 12.4 Å². The van der Waals surface area contributed by atoms with E-state index in [0.29, 0.717) is 36.8 Å². The Kier molecular flexibility index (Phi) is 6.57. The Morgan fingerprint density at radius 3 is 2.88 bits per heavy atom. The standard InChI is InChI=1S/C17H24N4O2.ClH/c18-15-6-5-13-10-21(11-14(13)15)16(22)4-2-8-20-17(23)12-3-1-7-19-9-12;/h1,3,7,9,13-15H,2,4-6,8,10-11,18H2,(H,20,23);1H. The number of aromatic nitrogens is 1. The molecule has 0 spiro atoms. The Labute approximate surface area is 148 Å². The van der Waals surface area contributed by atoms with Gasteiger partial charge in [-0.2, -0.15) is 0 Å². The Balaban J connectivity index is 0.00000208. The molecule has 0 aromatic carbocycles. The molecule has 0 bridgehead atoms. The van der Waals surface area contributed by atoms with Crippen molar-refractivity contribution in [1.82, 2.24) is 15.2 Å². The summed E-state index contributed by atoms with van der Waals surface area (Å²) in [6, 6.07) is 3.71. The minimum Gasteiger partial charge on any atom is -0.352 e. The van der Waals surface area contributed by atoms with Gasteiger partial charge in [-0.3, -0.25) is 14.6 Å². The van der Waals surface area contributed by atoms with E-state index in [1.165, 1.54) is 6.20 Å². The summed E-state index contributed by atoms with van der Waals surface area (Å²) in [4.78, 5) is 30.0. The number of carbonyl (C=O) groups excluding carboxylic acids is 2. The highest BCUT2D eigenvalue weighted by Crippen LogP contribution is 2.37. The second-order valence-electron chi connectivity index (χ2n) is 6.57.